The summed E-state index contributed by atoms with van der Waals surface area (Å²) in [5, 5.41) is 18.3. The van der Waals surface area contributed by atoms with Crippen molar-refractivity contribution in [1.29, 1.82) is 0 Å². The molecule has 2 N–H and O–H groups in total. The van der Waals surface area contributed by atoms with Crippen molar-refractivity contribution in [1.82, 2.24) is 9.99 Å². The normalized spacial score (nSPS) is 12.1. The Morgan fingerprint density at radius 3 is 2.47 bits per heavy atom. The van der Waals surface area contributed by atoms with Crippen molar-refractivity contribution in [2.75, 3.05) is 33.4 Å². The number of para-hydroxylation sites is 3. The van der Waals surface area contributed by atoms with Crippen molar-refractivity contribution >= 4 is 21.8 Å². The topological polar surface area (TPSA) is 94.3 Å². The fraction of sp³-hybridized carbons (Fsp3) is 0.250. The standard InChI is InChI=1S/C24H25N3O5/c1-30-21-10-4-5-11-22(21)31-14-13-25-15-17(28)16-32-23-12-6-9-20-24(23)18-7-2-3-8-19(18)27(20)26-29/h2-12,17,25,28H,13-16H2,1H3. The Kier molecular flexibility index (Phi) is 6.84. The zero-order valence-electron chi connectivity index (χ0n) is 17.7. The largest absolute Gasteiger partial charge is 0.493 e. The number of hydrogen-bond acceptors (Lipinski definition) is 7. The Balaban J connectivity index is 1.32. The van der Waals surface area contributed by atoms with E-state index in [0.29, 0.717) is 48.0 Å². The van der Waals surface area contributed by atoms with Gasteiger partial charge in [0.05, 0.1) is 28.8 Å². The number of aliphatic hydroxyl groups excluding tert-OH is 1. The molecule has 0 saturated heterocycles. The molecule has 0 aliphatic rings. The molecule has 8 nitrogen and oxygen atoms in total. The van der Waals surface area contributed by atoms with Crippen molar-refractivity contribution in [3.05, 3.63) is 71.6 Å². The predicted molar refractivity (Wildman–Crippen MR) is 123 cm³/mol. The van der Waals surface area contributed by atoms with E-state index in [1.807, 2.05) is 60.7 Å². The lowest BCUT2D eigenvalue weighted by Gasteiger charge is -2.15. The Morgan fingerprint density at radius 1 is 0.938 bits per heavy atom. The highest BCUT2D eigenvalue weighted by Crippen LogP contribution is 2.35. The van der Waals surface area contributed by atoms with Gasteiger partial charge in [0.25, 0.3) is 0 Å². The van der Waals surface area contributed by atoms with E-state index in [1.54, 1.807) is 13.2 Å². The van der Waals surface area contributed by atoms with E-state index in [4.69, 9.17) is 14.2 Å². The second-order valence-corrected chi connectivity index (χ2v) is 7.23. The highest BCUT2D eigenvalue weighted by molar-refractivity contribution is 6.11. The highest BCUT2D eigenvalue weighted by atomic mass is 16.5. The summed E-state index contributed by atoms with van der Waals surface area (Å²) in [6.45, 7) is 1.45. The molecule has 32 heavy (non-hydrogen) atoms. The second-order valence-electron chi connectivity index (χ2n) is 7.23. The summed E-state index contributed by atoms with van der Waals surface area (Å²) in [6, 6.07) is 20.4. The number of aliphatic hydroxyl groups is 1. The molecule has 0 fully saturated rings. The van der Waals surface area contributed by atoms with Crippen LogP contribution in [0.5, 0.6) is 17.2 Å². The smallest absolute Gasteiger partial charge is 0.161 e. The van der Waals surface area contributed by atoms with Crippen LogP contribution in [0.1, 0.15) is 0 Å². The number of ether oxygens (including phenoxy) is 3. The molecular formula is C24H25N3O5. The lowest BCUT2D eigenvalue weighted by molar-refractivity contribution is 0.106. The molecule has 1 atom stereocenters. The van der Waals surface area contributed by atoms with Gasteiger partial charge in [-0.1, -0.05) is 36.4 Å². The third-order valence-electron chi connectivity index (χ3n) is 5.13. The first-order valence-electron chi connectivity index (χ1n) is 10.4. The van der Waals surface area contributed by atoms with Gasteiger partial charge in [0.15, 0.2) is 11.5 Å². The maximum atomic E-state index is 11.4. The predicted octanol–water partition coefficient (Wildman–Crippen LogP) is 3.74. The first kappa shape index (κ1) is 21.6. The minimum atomic E-state index is -0.714. The molecule has 3 aromatic carbocycles. The number of nitroso groups, excluding NO2 is 1. The highest BCUT2D eigenvalue weighted by Gasteiger charge is 2.15. The monoisotopic (exact) mass is 435 g/mol. The van der Waals surface area contributed by atoms with Gasteiger partial charge in [0.1, 0.15) is 25.1 Å². The molecule has 0 saturated carbocycles. The van der Waals surface area contributed by atoms with Crippen molar-refractivity contribution < 1.29 is 19.3 Å². The van der Waals surface area contributed by atoms with Gasteiger partial charge in [-0.2, -0.15) is 4.68 Å². The number of nitrogens with one attached hydrogen (secondary N) is 1. The van der Waals surface area contributed by atoms with Crippen molar-refractivity contribution in [2.45, 2.75) is 6.10 Å². The molecule has 166 valence electrons. The van der Waals surface area contributed by atoms with Crippen LogP contribution in [0.25, 0.3) is 21.8 Å². The van der Waals surface area contributed by atoms with Gasteiger partial charge in [0, 0.05) is 18.5 Å². The van der Waals surface area contributed by atoms with E-state index < -0.39 is 6.10 Å². The van der Waals surface area contributed by atoms with Crippen molar-refractivity contribution in [3.63, 3.8) is 0 Å². The van der Waals surface area contributed by atoms with E-state index in [-0.39, 0.29) is 6.61 Å². The third-order valence-corrected chi connectivity index (χ3v) is 5.13. The van der Waals surface area contributed by atoms with Crippen molar-refractivity contribution in [3.8, 4) is 17.2 Å². The number of benzene rings is 3. The Labute approximate surface area is 185 Å². The van der Waals surface area contributed by atoms with E-state index >= 15 is 0 Å². The van der Waals surface area contributed by atoms with Crippen LogP contribution in [0, 0.1) is 4.91 Å². The van der Waals surface area contributed by atoms with E-state index in [0.717, 1.165) is 10.8 Å². The molecule has 1 unspecified atom stereocenters. The maximum absolute atomic E-state index is 11.4. The molecule has 0 radical (unpaired) electrons. The van der Waals surface area contributed by atoms with Crippen LogP contribution in [-0.2, 0) is 0 Å². The van der Waals surface area contributed by atoms with E-state index in [9.17, 15) is 10.0 Å². The molecule has 1 heterocycles. The number of methoxy groups -OCH3 is 1. The first-order valence-corrected chi connectivity index (χ1v) is 10.4. The number of nitrogens with zero attached hydrogens (tertiary/aromatic N) is 2. The molecule has 0 bridgehead atoms. The average Bonchev–Trinajstić information content (AvgIpc) is 3.17. The SMILES string of the molecule is COc1ccccc1OCCNCC(O)COc1cccc2c1c1ccccc1n2N=O. The summed E-state index contributed by atoms with van der Waals surface area (Å²) in [7, 11) is 1.60. The molecule has 8 heteroatoms. The number of fused-ring (bicyclic) bond motifs is 3. The maximum Gasteiger partial charge on any atom is 0.161 e. The summed E-state index contributed by atoms with van der Waals surface area (Å²) >= 11 is 0. The molecule has 0 spiro atoms. The Morgan fingerprint density at radius 2 is 1.66 bits per heavy atom. The quantitative estimate of drug-likeness (QED) is 0.275. The van der Waals surface area contributed by atoms with Crippen LogP contribution < -0.4 is 19.5 Å². The summed E-state index contributed by atoms with van der Waals surface area (Å²) in [4.78, 5) is 11.4. The number of aromatic nitrogens is 1. The molecule has 4 rings (SSSR count). The van der Waals surface area contributed by atoms with Gasteiger partial charge in [0.2, 0.25) is 0 Å². The molecule has 1 aromatic heterocycles. The minimum absolute atomic E-state index is 0.105. The van der Waals surface area contributed by atoms with Crippen LogP contribution in [0.15, 0.2) is 72.0 Å². The van der Waals surface area contributed by atoms with Crippen molar-refractivity contribution in [2.24, 2.45) is 5.29 Å². The van der Waals surface area contributed by atoms with E-state index in [1.165, 1.54) is 4.68 Å². The van der Waals surface area contributed by atoms with Crippen LogP contribution >= 0.6 is 0 Å². The number of hydrogen-bond donors (Lipinski definition) is 2. The summed E-state index contributed by atoms with van der Waals surface area (Å²) in [6.07, 6.45) is -0.714. The van der Waals surface area contributed by atoms with Crippen LogP contribution in [0.4, 0.5) is 0 Å². The van der Waals surface area contributed by atoms with Gasteiger partial charge in [-0.25, -0.2) is 0 Å². The van der Waals surface area contributed by atoms with Gasteiger partial charge in [-0.3, -0.25) is 0 Å². The zero-order valence-corrected chi connectivity index (χ0v) is 17.7. The Bertz CT molecular complexity index is 1210. The summed E-state index contributed by atoms with van der Waals surface area (Å²) in [5.74, 6) is 1.96. The molecular weight excluding hydrogens is 410 g/mol. The van der Waals surface area contributed by atoms with Gasteiger partial charge >= 0.3 is 0 Å². The number of rotatable bonds is 11. The van der Waals surface area contributed by atoms with Gasteiger partial charge in [-0.05, 0) is 30.3 Å². The molecule has 0 amide bonds. The average molecular weight is 435 g/mol. The Hall–Kier alpha value is -3.62. The molecule has 0 aliphatic carbocycles. The molecule has 4 aromatic rings. The zero-order chi connectivity index (χ0) is 22.3. The second kappa shape index (κ2) is 10.1. The fourth-order valence-electron chi connectivity index (χ4n) is 3.66. The minimum Gasteiger partial charge on any atom is -0.493 e. The fourth-order valence-corrected chi connectivity index (χ4v) is 3.66. The van der Waals surface area contributed by atoms with Gasteiger partial charge < -0.3 is 24.6 Å². The van der Waals surface area contributed by atoms with Crippen LogP contribution in [0.2, 0.25) is 0 Å². The van der Waals surface area contributed by atoms with Crippen LogP contribution in [-0.4, -0.2) is 49.3 Å². The first-order chi connectivity index (χ1) is 15.7. The molecule has 0 aliphatic heterocycles. The van der Waals surface area contributed by atoms with Gasteiger partial charge in [-0.15, -0.1) is 4.91 Å². The van der Waals surface area contributed by atoms with E-state index in [2.05, 4.69) is 10.6 Å². The third kappa shape index (κ3) is 4.51. The summed E-state index contributed by atoms with van der Waals surface area (Å²) in [5.41, 5.74) is 1.38. The lowest BCUT2D eigenvalue weighted by Crippen LogP contribution is -2.33. The lowest BCUT2D eigenvalue weighted by atomic mass is 10.1. The van der Waals surface area contributed by atoms with Crippen LogP contribution in [0.3, 0.4) is 0 Å². The summed E-state index contributed by atoms with van der Waals surface area (Å²) < 4.78 is 18.2.